The van der Waals surface area contributed by atoms with Crippen molar-refractivity contribution < 1.29 is 9.53 Å². The first-order chi connectivity index (χ1) is 16.0. The summed E-state index contributed by atoms with van der Waals surface area (Å²) in [4.78, 5) is 17.1. The summed E-state index contributed by atoms with van der Waals surface area (Å²) in [7, 11) is 0. The third-order valence-electron chi connectivity index (χ3n) is 6.36. The largest absolute Gasteiger partial charge is 0.491 e. The first-order valence-corrected chi connectivity index (χ1v) is 12.4. The van der Waals surface area contributed by atoms with Crippen LogP contribution in [0.2, 0.25) is 0 Å². The number of nitrogens with zero attached hydrogens (tertiary/aromatic N) is 1. The van der Waals surface area contributed by atoms with E-state index in [9.17, 15) is 4.79 Å². The second-order valence-electron chi connectivity index (χ2n) is 8.75. The zero-order valence-corrected chi connectivity index (χ0v) is 20.8. The predicted molar refractivity (Wildman–Crippen MR) is 137 cm³/mol. The van der Waals surface area contributed by atoms with Gasteiger partial charge in [-0.1, -0.05) is 52.0 Å². The zero-order chi connectivity index (χ0) is 23.8. The Kier molecular flexibility index (Phi) is 8.49. The molecule has 1 amide bonds. The Labute approximate surface area is 198 Å². The molecule has 1 aliphatic carbocycles. The SMILES string of the molecule is CC.CCc1ccc(CCC(=O)NC2(COc3cc4nccc(C)c4cc3CC)CC2)cc1. The number of ether oxygens (including phenoxy) is 1. The van der Waals surface area contributed by atoms with Gasteiger partial charge in [0.2, 0.25) is 5.91 Å². The maximum atomic E-state index is 12.6. The lowest BCUT2D eigenvalue weighted by atomic mass is 10.0. The highest BCUT2D eigenvalue weighted by Gasteiger charge is 2.45. The number of carbonyl (C=O) groups is 1. The van der Waals surface area contributed by atoms with Crippen molar-refractivity contribution in [2.75, 3.05) is 6.61 Å². The number of rotatable bonds is 9. The fourth-order valence-corrected chi connectivity index (χ4v) is 4.00. The molecule has 4 nitrogen and oxygen atoms in total. The Hall–Kier alpha value is -2.88. The second-order valence-corrected chi connectivity index (χ2v) is 8.75. The Morgan fingerprint density at radius 3 is 2.36 bits per heavy atom. The van der Waals surface area contributed by atoms with Gasteiger partial charge in [0.1, 0.15) is 12.4 Å². The van der Waals surface area contributed by atoms with Crippen LogP contribution in [0.5, 0.6) is 5.75 Å². The summed E-state index contributed by atoms with van der Waals surface area (Å²) in [6.45, 7) is 10.9. The standard InChI is InChI=1S/C27H32N2O2.C2H6/c1-4-20-6-8-21(9-7-20)10-11-26(30)29-27(13-14-27)18-31-25-17-24-23(16-22(25)5-2)19(3)12-15-28-24;1-2/h6-9,12,15-17H,4-5,10-11,13-14,18H2,1-3H3,(H,29,30);1-2H3. The molecule has 2 aromatic carbocycles. The van der Waals surface area contributed by atoms with E-state index in [2.05, 4.69) is 61.4 Å². The summed E-state index contributed by atoms with van der Waals surface area (Å²) in [6, 6.07) is 14.8. The molecule has 1 saturated carbocycles. The van der Waals surface area contributed by atoms with Crippen LogP contribution in [-0.2, 0) is 24.1 Å². The van der Waals surface area contributed by atoms with Crippen LogP contribution in [0, 0.1) is 6.92 Å². The Morgan fingerprint density at radius 2 is 1.73 bits per heavy atom. The van der Waals surface area contributed by atoms with Gasteiger partial charge in [0.25, 0.3) is 0 Å². The van der Waals surface area contributed by atoms with Crippen molar-refractivity contribution in [3.05, 3.63) is 70.9 Å². The van der Waals surface area contributed by atoms with Crippen molar-refractivity contribution in [3.8, 4) is 5.75 Å². The first kappa shape index (κ1) is 24.8. The lowest BCUT2D eigenvalue weighted by Gasteiger charge is -2.20. The van der Waals surface area contributed by atoms with Crippen LogP contribution in [0.25, 0.3) is 10.9 Å². The Morgan fingerprint density at radius 1 is 1.03 bits per heavy atom. The van der Waals surface area contributed by atoms with Gasteiger partial charge in [-0.3, -0.25) is 9.78 Å². The van der Waals surface area contributed by atoms with E-state index in [4.69, 9.17) is 4.74 Å². The highest BCUT2D eigenvalue weighted by molar-refractivity contribution is 5.84. The second kappa shape index (κ2) is 11.3. The van der Waals surface area contributed by atoms with E-state index < -0.39 is 0 Å². The molecule has 1 aromatic heterocycles. The van der Waals surface area contributed by atoms with Gasteiger partial charge in [-0.15, -0.1) is 0 Å². The fraction of sp³-hybridized carbons (Fsp3) is 0.448. The van der Waals surface area contributed by atoms with Crippen molar-refractivity contribution >= 4 is 16.8 Å². The number of aromatic nitrogens is 1. The van der Waals surface area contributed by atoms with Crippen molar-refractivity contribution in [3.63, 3.8) is 0 Å². The molecule has 0 saturated heterocycles. The van der Waals surface area contributed by atoms with E-state index in [1.165, 1.54) is 27.6 Å². The number of pyridine rings is 1. The molecule has 0 radical (unpaired) electrons. The van der Waals surface area contributed by atoms with Gasteiger partial charge in [0.05, 0.1) is 11.1 Å². The fourth-order valence-electron chi connectivity index (χ4n) is 4.00. The highest BCUT2D eigenvalue weighted by Crippen LogP contribution is 2.37. The van der Waals surface area contributed by atoms with Gasteiger partial charge in [-0.05, 0) is 73.4 Å². The van der Waals surface area contributed by atoms with Crippen molar-refractivity contribution in [1.82, 2.24) is 10.3 Å². The van der Waals surface area contributed by atoms with Gasteiger partial charge in [-0.2, -0.15) is 0 Å². The van der Waals surface area contributed by atoms with E-state index in [1.807, 2.05) is 32.2 Å². The van der Waals surface area contributed by atoms with E-state index in [0.29, 0.717) is 13.0 Å². The quantitative estimate of drug-likeness (QED) is 0.416. The lowest BCUT2D eigenvalue weighted by molar-refractivity contribution is -0.122. The summed E-state index contributed by atoms with van der Waals surface area (Å²) in [5.41, 5.74) is 5.68. The molecule has 0 bridgehead atoms. The van der Waals surface area contributed by atoms with Gasteiger partial charge in [0.15, 0.2) is 0 Å². The first-order valence-electron chi connectivity index (χ1n) is 12.4. The summed E-state index contributed by atoms with van der Waals surface area (Å²) in [6.07, 6.45) is 6.98. The molecule has 4 heteroatoms. The van der Waals surface area contributed by atoms with Gasteiger partial charge in [0, 0.05) is 24.1 Å². The zero-order valence-electron chi connectivity index (χ0n) is 20.8. The molecule has 3 aromatic rings. The van der Waals surface area contributed by atoms with Gasteiger partial charge in [-0.25, -0.2) is 0 Å². The van der Waals surface area contributed by atoms with Crippen LogP contribution in [0.15, 0.2) is 48.7 Å². The predicted octanol–water partition coefficient (Wildman–Crippen LogP) is 6.35. The number of aryl methyl sites for hydroxylation is 4. The third-order valence-corrected chi connectivity index (χ3v) is 6.36. The molecule has 1 fully saturated rings. The minimum absolute atomic E-state index is 0.104. The molecule has 0 spiro atoms. The van der Waals surface area contributed by atoms with Crippen LogP contribution in [0.1, 0.15) is 69.2 Å². The van der Waals surface area contributed by atoms with Crippen LogP contribution in [-0.4, -0.2) is 23.0 Å². The van der Waals surface area contributed by atoms with Crippen molar-refractivity contribution in [2.45, 2.75) is 78.7 Å². The molecule has 0 unspecified atom stereocenters. The lowest BCUT2D eigenvalue weighted by Crippen LogP contribution is -2.41. The highest BCUT2D eigenvalue weighted by atomic mass is 16.5. The summed E-state index contributed by atoms with van der Waals surface area (Å²) in [5, 5.41) is 4.41. The van der Waals surface area contributed by atoms with Crippen LogP contribution in [0.3, 0.4) is 0 Å². The molecule has 0 atom stereocenters. The van der Waals surface area contributed by atoms with E-state index in [1.54, 1.807) is 0 Å². The van der Waals surface area contributed by atoms with E-state index >= 15 is 0 Å². The number of fused-ring (bicyclic) bond motifs is 1. The molecule has 33 heavy (non-hydrogen) atoms. The molecule has 1 aliphatic rings. The molecule has 0 aliphatic heterocycles. The smallest absolute Gasteiger partial charge is 0.220 e. The molecular weight excluding hydrogens is 408 g/mol. The van der Waals surface area contributed by atoms with Crippen LogP contribution in [0.4, 0.5) is 0 Å². The van der Waals surface area contributed by atoms with Crippen LogP contribution < -0.4 is 10.1 Å². The van der Waals surface area contributed by atoms with Gasteiger partial charge >= 0.3 is 0 Å². The van der Waals surface area contributed by atoms with E-state index in [0.717, 1.165) is 43.4 Å². The summed E-state index contributed by atoms with van der Waals surface area (Å²) >= 11 is 0. The molecule has 4 rings (SSSR count). The minimum Gasteiger partial charge on any atom is -0.491 e. The average Bonchev–Trinajstić information content (AvgIpc) is 3.62. The Bertz CT molecular complexity index is 1070. The maximum Gasteiger partial charge on any atom is 0.220 e. The van der Waals surface area contributed by atoms with E-state index in [-0.39, 0.29) is 11.4 Å². The number of carbonyl (C=O) groups excluding carboxylic acids is 1. The van der Waals surface area contributed by atoms with Crippen LogP contribution >= 0.6 is 0 Å². The molecule has 1 N–H and O–H groups in total. The number of amides is 1. The van der Waals surface area contributed by atoms with Crippen molar-refractivity contribution in [1.29, 1.82) is 0 Å². The van der Waals surface area contributed by atoms with Gasteiger partial charge < -0.3 is 10.1 Å². The minimum atomic E-state index is -0.219. The molecular formula is C29H38N2O2. The monoisotopic (exact) mass is 446 g/mol. The molecule has 1 heterocycles. The van der Waals surface area contributed by atoms with Crippen molar-refractivity contribution in [2.24, 2.45) is 0 Å². The Balaban J connectivity index is 0.00000149. The summed E-state index contributed by atoms with van der Waals surface area (Å²) < 4.78 is 6.24. The number of hydrogen-bond donors (Lipinski definition) is 1. The third kappa shape index (κ3) is 6.34. The molecule has 176 valence electrons. The number of benzene rings is 2. The average molecular weight is 447 g/mol. The normalized spacial score (nSPS) is 13.7. The number of nitrogens with one attached hydrogen (secondary N) is 1. The topological polar surface area (TPSA) is 51.2 Å². The maximum absolute atomic E-state index is 12.6. The number of hydrogen-bond acceptors (Lipinski definition) is 3. The summed E-state index contributed by atoms with van der Waals surface area (Å²) in [5.74, 6) is 0.983.